The van der Waals surface area contributed by atoms with Crippen molar-refractivity contribution in [3.05, 3.63) is 95.6 Å². The van der Waals surface area contributed by atoms with Crippen molar-refractivity contribution in [2.75, 3.05) is 0 Å². The Labute approximate surface area is 152 Å². The van der Waals surface area contributed by atoms with Crippen LogP contribution in [-0.4, -0.2) is 16.9 Å². The van der Waals surface area contributed by atoms with Crippen LogP contribution < -0.4 is 11.5 Å². The molecular formula is C21H20N4O. The van der Waals surface area contributed by atoms with Crippen molar-refractivity contribution in [2.24, 2.45) is 21.6 Å². The molecule has 5 heteroatoms. The van der Waals surface area contributed by atoms with E-state index in [9.17, 15) is 0 Å². The molecule has 0 fully saturated rings. The Morgan fingerprint density at radius 3 is 2.12 bits per heavy atom. The highest BCUT2D eigenvalue weighted by atomic mass is 16.4. The van der Waals surface area contributed by atoms with Crippen LogP contribution in [0.4, 0.5) is 0 Å². The first-order chi connectivity index (χ1) is 12.7. The molecule has 0 bridgehead atoms. The van der Waals surface area contributed by atoms with E-state index in [0.29, 0.717) is 17.9 Å². The average Bonchev–Trinajstić information content (AvgIpc) is 2.72. The quantitative estimate of drug-likeness (QED) is 0.286. The minimum Gasteiger partial charge on any atom is -0.409 e. The zero-order valence-electron chi connectivity index (χ0n) is 14.2. The number of nitrogens with two attached hydrogens (primary N) is 2. The van der Waals surface area contributed by atoms with Gasteiger partial charge in [-0.3, -0.25) is 4.99 Å². The van der Waals surface area contributed by atoms with Gasteiger partial charge in [0.25, 0.3) is 0 Å². The van der Waals surface area contributed by atoms with Crippen molar-refractivity contribution < 1.29 is 5.21 Å². The van der Waals surface area contributed by atoms with Gasteiger partial charge in [0.1, 0.15) is 5.84 Å². The van der Waals surface area contributed by atoms with Crippen LogP contribution in [0.3, 0.4) is 0 Å². The standard InChI is InChI=1S/C21H20N4O/c22-20(24-14-15-5-4-8-19(13-15)21(23)25-26)18-11-9-17(10-12-18)16-6-2-1-3-7-16/h1-13,26H,14H2,(H2,22,24)(H2,23,25). The van der Waals surface area contributed by atoms with Gasteiger partial charge in [0.05, 0.1) is 6.54 Å². The molecule has 26 heavy (non-hydrogen) atoms. The van der Waals surface area contributed by atoms with Crippen LogP contribution in [0.2, 0.25) is 0 Å². The van der Waals surface area contributed by atoms with Gasteiger partial charge in [0, 0.05) is 11.1 Å². The van der Waals surface area contributed by atoms with E-state index >= 15 is 0 Å². The Hall–Kier alpha value is -3.60. The minimum absolute atomic E-state index is 0.0697. The lowest BCUT2D eigenvalue weighted by Gasteiger charge is -2.06. The summed E-state index contributed by atoms with van der Waals surface area (Å²) in [5, 5.41) is 11.8. The van der Waals surface area contributed by atoms with Crippen LogP contribution in [0.25, 0.3) is 11.1 Å². The van der Waals surface area contributed by atoms with Gasteiger partial charge in [-0.25, -0.2) is 0 Å². The maximum absolute atomic E-state index is 8.77. The lowest BCUT2D eigenvalue weighted by molar-refractivity contribution is 0.318. The Morgan fingerprint density at radius 2 is 1.42 bits per heavy atom. The van der Waals surface area contributed by atoms with E-state index in [4.69, 9.17) is 16.7 Å². The normalized spacial score (nSPS) is 12.2. The van der Waals surface area contributed by atoms with Gasteiger partial charge in [-0.05, 0) is 22.8 Å². The fourth-order valence-electron chi connectivity index (χ4n) is 2.62. The number of aliphatic imine (C=N–C) groups is 1. The molecule has 0 saturated carbocycles. The number of hydrogen-bond acceptors (Lipinski definition) is 3. The lowest BCUT2D eigenvalue weighted by atomic mass is 10.0. The molecule has 0 aliphatic heterocycles. The molecule has 0 atom stereocenters. The van der Waals surface area contributed by atoms with Crippen LogP contribution in [0.1, 0.15) is 16.7 Å². The van der Waals surface area contributed by atoms with Crippen LogP contribution in [0.5, 0.6) is 0 Å². The maximum Gasteiger partial charge on any atom is 0.170 e. The van der Waals surface area contributed by atoms with E-state index in [1.54, 1.807) is 6.07 Å². The predicted octanol–water partition coefficient (Wildman–Crippen LogP) is 3.35. The van der Waals surface area contributed by atoms with Crippen molar-refractivity contribution in [1.29, 1.82) is 0 Å². The maximum atomic E-state index is 8.77. The van der Waals surface area contributed by atoms with Crippen LogP contribution in [-0.2, 0) is 6.54 Å². The molecule has 0 radical (unpaired) electrons. The Bertz CT molecular complexity index is 932. The van der Waals surface area contributed by atoms with E-state index in [2.05, 4.69) is 22.3 Å². The molecule has 3 rings (SSSR count). The highest BCUT2D eigenvalue weighted by molar-refractivity contribution is 5.98. The van der Waals surface area contributed by atoms with Gasteiger partial charge in [-0.2, -0.15) is 0 Å². The molecule has 0 aliphatic rings. The highest BCUT2D eigenvalue weighted by Gasteiger charge is 2.03. The predicted molar refractivity (Wildman–Crippen MR) is 105 cm³/mol. The molecule has 3 aromatic rings. The summed E-state index contributed by atoms with van der Waals surface area (Å²) in [7, 11) is 0. The number of oxime groups is 1. The number of benzene rings is 3. The van der Waals surface area contributed by atoms with E-state index in [0.717, 1.165) is 22.3 Å². The summed E-state index contributed by atoms with van der Waals surface area (Å²) in [6.07, 6.45) is 0. The molecular weight excluding hydrogens is 324 g/mol. The molecule has 0 aliphatic carbocycles. The van der Waals surface area contributed by atoms with Gasteiger partial charge in [0.15, 0.2) is 5.84 Å². The second-order valence-corrected chi connectivity index (χ2v) is 5.83. The molecule has 0 spiro atoms. The van der Waals surface area contributed by atoms with Crippen LogP contribution >= 0.6 is 0 Å². The number of nitrogens with zero attached hydrogens (tertiary/aromatic N) is 2. The van der Waals surface area contributed by atoms with Crippen molar-refractivity contribution in [2.45, 2.75) is 6.54 Å². The summed E-state index contributed by atoms with van der Waals surface area (Å²) >= 11 is 0. The first kappa shape index (κ1) is 17.2. The topological polar surface area (TPSA) is 97.0 Å². The first-order valence-electron chi connectivity index (χ1n) is 8.20. The molecule has 0 saturated heterocycles. The summed E-state index contributed by atoms with van der Waals surface area (Å²) in [5.41, 5.74) is 16.5. The lowest BCUT2D eigenvalue weighted by Crippen LogP contribution is -2.14. The Morgan fingerprint density at radius 1 is 0.731 bits per heavy atom. The first-order valence-corrected chi connectivity index (χ1v) is 8.20. The number of rotatable bonds is 5. The minimum atomic E-state index is 0.0697. The van der Waals surface area contributed by atoms with Gasteiger partial charge in [-0.15, -0.1) is 0 Å². The third-order valence-electron chi connectivity index (χ3n) is 4.05. The van der Waals surface area contributed by atoms with Gasteiger partial charge in [-0.1, -0.05) is 78.0 Å². The van der Waals surface area contributed by atoms with Crippen molar-refractivity contribution in [3.8, 4) is 11.1 Å². The molecule has 0 amide bonds. The third-order valence-corrected chi connectivity index (χ3v) is 4.05. The zero-order chi connectivity index (χ0) is 18.4. The molecule has 3 aromatic carbocycles. The van der Waals surface area contributed by atoms with E-state index in [-0.39, 0.29) is 5.84 Å². The summed E-state index contributed by atoms with van der Waals surface area (Å²) in [4.78, 5) is 4.44. The molecule has 5 N–H and O–H groups in total. The van der Waals surface area contributed by atoms with Crippen molar-refractivity contribution in [3.63, 3.8) is 0 Å². The SMILES string of the molecule is NC(=NO)c1cccc(CN=C(N)c2ccc(-c3ccccc3)cc2)c1. The molecule has 5 nitrogen and oxygen atoms in total. The molecule has 130 valence electrons. The van der Waals surface area contributed by atoms with Gasteiger partial charge >= 0.3 is 0 Å². The third kappa shape index (κ3) is 4.08. The molecule has 0 heterocycles. The number of amidine groups is 2. The van der Waals surface area contributed by atoms with Gasteiger partial charge < -0.3 is 16.7 Å². The largest absolute Gasteiger partial charge is 0.409 e. The van der Waals surface area contributed by atoms with E-state index in [1.807, 2.05) is 60.7 Å². The van der Waals surface area contributed by atoms with Crippen LogP contribution in [0, 0.1) is 0 Å². The smallest absolute Gasteiger partial charge is 0.170 e. The summed E-state index contributed by atoms with van der Waals surface area (Å²) in [6, 6.07) is 25.5. The van der Waals surface area contributed by atoms with Gasteiger partial charge in [0.2, 0.25) is 0 Å². The average molecular weight is 344 g/mol. The van der Waals surface area contributed by atoms with E-state index < -0.39 is 0 Å². The highest BCUT2D eigenvalue weighted by Crippen LogP contribution is 2.19. The van der Waals surface area contributed by atoms with Crippen molar-refractivity contribution in [1.82, 2.24) is 0 Å². The van der Waals surface area contributed by atoms with E-state index in [1.165, 1.54) is 0 Å². The van der Waals surface area contributed by atoms with Crippen LogP contribution in [0.15, 0.2) is 89.0 Å². The number of hydrogen-bond donors (Lipinski definition) is 3. The summed E-state index contributed by atoms with van der Waals surface area (Å²) in [6.45, 7) is 0.415. The molecule has 0 unspecified atom stereocenters. The second kappa shape index (κ2) is 7.98. The zero-order valence-corrected chi connectivity index (χ0v) is 14.2. The molecule has 0 aromatic heterocycles. The van der Waals surface area contributed by atoms with Crippen molar-refractivity contribution >= 4 is 11.7 Å². The summed E-state index contributed by atoms with van der Waals surface area (Å²) in [5.74, 6) is 0.541. The Kier molecular flexibility index (Phi) is 5.29. The second-order valence-electron chi connectivity index (χ2n) is 5.83. The summed E-state index contributed by atoms with van der Waals surface area (Å²) < 4.78 is 0. The Balaban J connectivity index is 1.74. The fraction of sp³-hybridized carbons (Fsp3) is 0.0476. The monoisotopic (exact) mass is 344 g/mol. The fourth-order valence-corrected chi connectivity index (χ4v) is 2.62.